The summed E-state index contributed by atoms with van der Waals surface area (Å²) >= 11 is 0. The standard InChI is InChI=1S/C24H19N7/c1-16-13-22(31-20-10-6-5-9-19(20)26-24(31)18(16)14-25)29-11-12-30-21(15-29)27-28-23(30)17-7-3-2-4-8-17/h2-10,13H,11-12,15H2,1H3. The van der Waals surface area contributed by atoms with Crippen molar-refractivity contribution in [1.82, 2.24) is 24.1 Å². The number of aromatic nitrogens is 5. The molecular weight excluding hydrogens is 386 g/mol. The molecule has 0 unspecified atom stereocenters. The Morgan fingerprint density at radius 2 is 1.77 bits per heavy atom. The second-order valence-corrected chi connectivity index (χ2v) is 7.81. The molecule has 0 radical (unpaired) electrons. The molecule has 1 aliphatic heterocycles. The van der Waals surface area contributed by atoms with Gasteiger partial charge in [-0.15, -0.1) is 10.2 Å². The van der Waals surface area contributed by atoms with E-state index in [0.29, 0.717) is 17.8 Å². The molecule has 0 spiro atoms. The first-order valence-electron chi connectivity index (χ1n) is 10.3. The van der Waals surface area contributed by atoms with Crippen LogP contribution in [0, 0.1) is 18.3 Å². The van der Waals surface area contributed by atoms with Gasteiger partial charge in [-0.2, -0.15) is 5.26 Å². The van der Waals surface area contributed by atoms with E-state index in [1.807, 2.05) is 43.3 Å². The van der Waals surface area contributed by atoms with Gasteiger partial charge in [0.1, 0.15) is 11.9 Å². The highest BCUT2D eigenvalue weighted by Crippen LogP contribution is 2.31. The third-order valence-corrected chi connectivity index (χ3v) is 5.97. The van der Waals surface area contributed by atoms with Crippen molar-refractivity contribution in [2.75, 3.05) is 11.4 Å². The molecule has 0 amide bonds. The van der Waals surface area contributed by atoms with Crippen molar-refractivity contribution in [3.63, 3.8) is 0 Å². The molecule has 0 atom stereocenters. The number of aryl methyl sites for hydroxylation is 1. The summed E-state index contributed by atoms with van der Waals surface area (Å²) in [6.45, 7) is 4.23. The van der Waals surface area contributed by atoms with E-state index >= 15 is 0 Å². The fourth-order valence-corrected chi connectivity index (χ4v) is 4.46. The highest BCUT2D eigenvalue weighted by molar-refractivity contribution is 5.85. The lowest BCUT2D eigenvalue weighted by atomic mass is 10.1. The minimum atomic E-state index is 0.617. The Labute approximate surface area is 178 Å². The van der Waals surface area contributed by atoms with Gasteiger partial charge in [0.15, 0.2) is 17.3 Å². The van der Waals surface area contributed by atoms with Gasteiger partial charge in [-0.25, -0.2) is 4.98 Å². The molecule has 150 valence electrons. The minimum Gasteiger partial charge on any atom is -0.348 e. The van der Waals surface area contributed by atoms with Crippen LogP contribution in [0.15, 0.2) is 60.7 Å². The quantitative estimate of drug-likeness (QED) is 0.445. The highest BCUT2D eigenvalue weighted by Gasteiger charge is 2.25. The van der Waals surface area contributed by atoms with E-state index in [-0.39, 0.29) is 0 Å². The second-order valence-electron chi connectivity index (χ2n) is 7.81. The van der Waals surface area contributed by atoms with Crippen molar-refractivity contribution in [2.24, 2.45) is 0 Å². The van der Waals surface area contributed by atoms with Gasteiger partial charge in [0.05, 0.1) is 23.1 Å². The van der Waals surface area contributed by atoms with Crippen LogP contribution < -0.4 is 4.90 Å². The highest BCUT2D eigenvalue weighted by atomic mass is 15.4. The number of pyridine rings is 1. The van der Waals surface area contributed by atoms with Crippen LogP contribution in [0.2, 0.25) is 0 Å². The average Bonchev–Trinajstić information content (AvgIpc) is 3.40. The summed E-state index contributed by atoms with van der Waals surface area (Å²) in [6.07, 6.45) is 0. The average molecular weight is 405 g/mol. The number of anilines is 1. The molecule has 0 bridgehead atoms. The fourth-order valence-electron chi connectivity index (χ4n) is 4.46. The van der Waals surface area contributed by atoms with Gasteiger partial charge in [0.2, 0.25) is 0 Å². The molecule has 31 heavy (non-hydrogen) atoms. The van der Waals surface area contributed by atoms with Crippen molar-refractivity contribution >= 4 is 22.5 Å². The summed E-state index contributed by atoms with van der Waals surface area (Å²) in [5, 5.41) is 18.7. The van der Waals surface area contributed by atoms with Gasteiger partial charge in [-0.3, -0.25) is 4.40 Å². The molecule has 0 N–H and O–H groups in total. The topological polar surface area (TPSA) is 75.0 Å². The summed E-state index contributed by atoms with van der Waals surface area (Å²) < 4.78 is 4.30. The molecule has 0 aliphatic carbocycles. The van der Waals surface area contributed by atoms with Crippen LogP contribution in [-0.2, 0) is 13.1 Å². The van der Waals surface area contributed by atoms with Gasteiger partial charge in [-0.1, -0.05) is 42.5 Å². The Bertz CT molecular complexity index is 1490. The Kier molecular flexibility index (Phi) is 3.80. The number of fused-ring (bicyclic) bond motifs is 4. The fraction of sp³-hybridized carbons (Fsp3) is 0.167. The Morgan fingerprint density at radius 3 is 2.61 bits per heavy atom. The van der Waals surface area contributed by atoms with Gasteiger partial charge >= 0.3 is 0 Å². The summed E-state index contributed by atoms with van der Waals surface area (Å²) in [4.78, 5) is 7.07. The number of imidazole rings is 1. The van der Waals surface area contributed by atoms with Crippen molar-refractivity contribution in [2.45, 2.75) is 20.0 Å². The molecule has 5 aromatic rings. The predicted molar refractivity (Wildman–Crippen MR) is 119 cm³/mol. The van der Waals surface area contributed by atoms with E-state index in [0.717, 1.165) is 52.7 Å². The van der Waals surface area contributed by atoms with Gasteiger partial charge in [0.25, 0.3) is 0 Å². The van der Waals surface area contributed by atoms with E-state index in [1.54, 1.807) is 0 Å². The summed E-state index contributed by atoms with van der Waals surface area (Å²) in [5.74, 6) is 2.87. The number of hydrogen-bond donors (Lipinski definition) is 0. The molecule has 7 nitrogen and oxygen atoms in total. The normalized spacial score (nSPS) is 13.5. The first-order valence-corrected chi connectivity index (χ1v) is 10.3. The summed E-state index contributed by atoms with van der Waals surface area (Å²) in [6, 6.07) is 22.6. The molecule has 2 aromatic carbocycles. The Morgan fingerprint density at radius 1 is 0.968 bits per heavy atom. The lowest BCUT2D eigenvalue weighted by molar-refractivity contribution is 0.558. The molecule has 1 aliphatic rings. The van der Waals surface area contributed by atoms with Crippen molar-refractivity contribution in [1.29, 1.82) is 5.26 Å². The van der Waals surface area contributed by atoms with Crippen LogP contribution >= 0.6 is 0 Å². The third-order valence-electron chi connectivity index (χ3n) is 5.97. The van der Waals surface area contributed by atoms with Crippen LogP contribution in [0.3, 0.4) is 0 Å². The molecule has 0 saturated heterocycles. The maximum atomic E-state index is 9.75. The van der Waals surface area contributed by atoms with Gasteiger partial charge in [0, 0.05) is 18.7 Å². The van der Waals surface area contributed by atoms with E-state index < -0.39 is 0 Å². The van der Waals surface area contributed by atoms with Crippen molar-refractivity contribution in [3.8, 4) is 17.5 Å². The van der Waals surface area contributed by atoms with Crippen LogP contribution in [0.25, 0.3) is 28.1 Å². The molecule has 0 saturated carbocycles. The van der Waals surface area contributed by atoms with Gasteiger partial charge in [-0.05, 0) is 30.7 Å². The Balaban J connectivity index is 1.49. The lowest BCUT2D eigenvalue weighted by Gasteiger charge is -2.30. The first kappa shape index (κ1) is 17.7. The first-order chi connectivity index (χ1) is 15.2. The van der Waals surface area contributed by atoms with Crippen molar-refractivity contribution < 1.29 is 0 Å². The van der Waals surface area contributed by atoms with Crippen LogP contribution in [0.5, 0.6) is 0 Å². The maximum Gasteiger partial charge on any atom is 0.164 e. The molecular formula is C24H19N7. The molecule has 6 rings (SSSR count). The molecule has 0 fully saturated rings. The molecule has 3 aromatic heterocycles. The lowest BCUT2D eigenvalue weighted by Crippen LogP contribution is -2.35. The Hall–Kier alpha value is -4.18. The van der Waals surface area contributed by atoms with Crippen LogP contribution in [-0.4, -0.2) is 30.7 Å². The number of nitrogens with zero attached hydrogens (tertiary/aromatic N) is 7. The van der Waals surface area contributed by atoms with E-state index in [9.17, 15) is 5.26 Å². The zero-order chi connectivity index (χ0) is 20.9. The van der Waals surface area contributed by atoms with E-state index in [2.05, 4.69) is 54.4 Å². The van der Waals surface area contributed by atoms with E-state index in [1.165, 1.54) is 0 Å². The summed E-state index contributed by atoms with van der Waals surface area (Å²) in [5.41, 5.74) is 5.21. The van der Waals surface area contributed by atoms with E-state index in [4.69, 9.17) is 4.98 Å². The van der Waals surface area contributed by atoms with Crippen LogP contribution in [0.1, 0.15) is 17.0 Å². The summed E-state index contributed by atoms with van der Waals surface area (Å²) in [7, 11) is 0. The molecule has 4 heterocycles. The molecule has 7 heteroatoms. The minimum absolute atomic E-state index is 0.617. The SMILES string of the molecule is Cc1cc(N2CCn3c(nnc3-c3ccccc3)C2)n2c(nc3ccccc32)c1C#N. The van der Waals surface area contributed by atoms with Crippen molar-refractivity contribution in [3.05, 3.63) is 77.6 Å². The second kappa shape index (κ2) is 6.67. The smallest absolute Gasteiger partial charge is 0.164 e. The zero-order valence-electron chi connectivity index (χ0n) is 17.0. The largest absolute Gasteiger partial charge is 0.348 e. The number of rotatable bonds is 2. The maximum absolute atomic E-state index is 9.75. The zero-order valence-corrected chi connectivity index (χ0v) is 17.0. The van der Waals surface area contributed by atoms with Gasteiger partial charge < -0.3 is 9.47 Å². The number of nitriles is 1. The predicted octanol–water partition coefficient (Wildman–Crippen LogP) is 3.95. The van der Waals surface area contributed by atoms with Crippen LogP contribution in [0.4, 0.5) is 5.82 Å². The monoisotopic (exact) mass is 405 g/mol. The number of benzene rings is 2. The number of hydrogen-bond acceptors (Lipinski definition) is 5. The number of para-hydroxylation sites is 2. The third kappa shape index (κ3) is 2.62.